The number of hydrogen-bond donors (Lipinski definition) is 0. The first-order chi connectivity index (χ1) is 13.9. The zero-order valence-corrected chi connectivity index (χ0v) is 16.3. The van der Waals surface area contributed by atoms with Crippen molar-refractivity contribution >= 4 is 5.65 Å². The van der Waals surface area contributed by atoms with E-state index in [-0.39, 0.29) is 11.3 Å². The van der Waals surface area contributed by atoms with Crippen LogP contribution in [0.5, 0.6) is 11.6 Å². The minimum atomic E-state index is -4.79. The normalized spacial score (nSPS) is 11.9. The Morgan fingerprint density at radius 2 is 1.83 bits per heavy atom. The molecule has 156 valence electrons. The molecule has 1 aromatic carbocycles. The van der Waals surface area contributed by atoms with E-state index in [1.165, 1.54) is 28.9 Å². The fourth-order valence-electron chi connectivity index (χ4n) is 3.01. The Morgan fingerprint density at radius 1 is 1.07 bits per heavy atom. The van der Waals surface area contributed by atoms with E-state index in [1.54, 1.807) is 18.2 Å². The summed E-state index contributed by atoms with van der Waals surface area (Å²) in [4.78, 5) is 6.51. The van der Waals surface area contributed by atoms with Gasteiger partial charge in [0, 0.05) is 18.2 Å². The Morgan fingerprint density at radius 3 is 2.55 bits per heavy atom. The van der Waals surface area contributed by atoms with Gasteiger partial charge >= 0.3 is 6.36 Å². The molecule has 0 spiro atoms. The minimum Gasteiger partial charge on any atom is -0.477 e. The average Bonchev–Trinajstić information content (AvgIpc) is 3.10. The zero-order valence-electron chi connectivity index (χ0n) is 16.3. The molecular formula is C20H23F3N4O2. The van der Waals surface area contributed by atoms with Gasteiger partial charge in [-0.05, 0) is 37.7 Å². The zero-order chi connectivity index (χ0) is 20.9. The molecule has 0 atom stereocenters. The highest BCUT2D eigenvalue weighted by molar-refractivity contribution is 5.69. The molecule has 0 bridgehead atoms. The van der Waals surface area contributed by atoms with Crippen molar-refractivity contribution in [3.8, 4) is 22.9 Å². The number of fused-ring (bicyclic) bond motifs is 1. The number of hydrogen-bond acceptors (Lipinski definition) is 5. The lowest BCUT2D eigenvalue weighted by atomic mass is 10.1. The molecule has 0 radical (unpaired) electrons. The highest BCUT2D eigenvalue weighted by atomic mass is 19.4. The van der Waals surface area contributed by atoms with E-state index in [4.69, 9.17) is 4.74 Å². The summed E-state index contributed by atoms with van der Waals surface area (Å²) in [6, 6.07) is 9.31. The van der Waals surface area contributed by atoms with Crippen molar-refractivity contribution in [3.05, 3.63) is 42.6 Å². The molecule has 0 saturated carbocycles. The second kappa shape index (κ2) is 9.13. The predicted octanol–water partition coefficient (Wildman–Crippen LogP) is 4.41. The largest absolute Gasteiger partial charge is 0.573 e. The number of aromatic nitrogens is 3. The molecule has 0 unspecified atom stereocenters. The molecule has 0 saturated heterocycles. The Bertz CT molecular complexity index is 939. The highest BCUT2D eigenvalue weighted by Crippen LogP contribution is 2.33. The molecule has 0 fully saturated rings. The maximum atomic E-state index is 12.7. The van der Waals surface area contributed by atoms with Crippen LogP contribution < -0.4 is 9.47 Å². The SMILES string of the molecule is CCN(CC)CCCOc1ccc2ncc(-c3ccccc3OC(F)(F)F)n2n1. The Labute approximate surface area is 166 Å². The summed E-state index contributed by atoms with van der Waals surface area (Å²) in [5.74, 6) is 0.0691. The fraction of sp³-hybridized carbons (Fsp3) is 0.400. The van der Waals surface area contributed by atoms with Crippen LogP contribution in [0.3, 0.4) is 0 Å². The summed E-state index contributed by atoms with van der Waals surface area (Å²) in [5, 5.41) is 4.39. The number of alkyl halides is 3. The van der Waals surface area contributed by atoms with Gasteiger partial charge in [0.15, 0.2) is 5.65 Å². The number of ether oxygens (including phenoxy) is 2. The van der Waals surface area contributed by atoms with Gasteiger partial charge in [0.25, 0.3) is 0 Å². The summed E-state index contributed by atoms with van der Waals surface area (Å²) in [6.45, 7) is 7.61. The van der Waals surface area contributed by atoms with Crippen LogP contribution in [-0.2, 0) is 0 Å². The summed E-state index contributed by atoms with van der Waals surface area (Å²) in [7, 11) is 0. The Kier molecular flexibility index (Phi) is 6.58. The van der Waals surface area contributed by atoms with Crippen LogP contribution in [0.1, 0.15) is 20.3 Å². The van der Waals surface area contributed by atoms with E-state index in [1.807, 2.05) is 0 Å². The van der Waals surface area contributed by atoms with E-state index in [0.29, 0.717) is 23.8 Å². The number of para-hydroxylation sites is 1. The maximum Gasteiger partial charge on any atom is 0.573 e. The van der Waals surface area contributed by atoms with Crippen LogP contribution in [0, 0.1) is 0 Å². The van der Waals surface area contributed by atoms with Gasteiger partial charge in [0.2, 0.25) is 5.88 Å². The molecular weight excluding hydrogens is 385 g/mol. The number of imidazole rings is 1. The molecule has 2 heterocycles. The van der Waals surface area contributed by atoms with Gasteiger partial charge in [-0.15, -0.1) is 18.3 Å². The maximum absolute atomic E-state index is 12.7. The molecule has 3 rings (SSSR count). The summed E-state index contributed by atoms with van der Waals surface area (Å²) >= 11 is 0. The van der Waals surface area contributed by atoms with Crippen LogP contribution >= 0.6 is 0 Å². The van der Waals surface area contributed by atoms with Crippen molar-refractivity contribution in [2.45, 2.75) is 26.6 Å². The van der Waals surface area contributed by atoms with E-state index in [0.717, 1.165) is 26.1 Å². The summed E-state index contributed by atoms with van der Waals surface area (Å²) in [5.41, 5.74) is 1.12. The molecule has 3 aromatic rings. The second-order valence-electron chi connectivity index (χ2n) is 6.36. The first-order valence-electron chi connectivity index (χ1n) is 9.46. The van der Waals surface area contributed by atoms with Crippen molar-refractivity contribution in [1.82, 2.24) is 19.5 Å². The van der Waals surface area contributed by atoms with Crippen molar-refractivity contribution in [3.63, 3.8) is 0 Å². The third-order valence-electron chi connectivity index (χ3n) is 4.49. The number of halogens is 3. The molecule has 0 aliphatic heterocycles. The lowest BCUT2D eigenvalue weighted by Crippen LogP contribution is -2.25. The summed E-state index contributed by atoms with van der Waals surface area (Å²) in [6.07, 6.45) is -2.48. The molecule has 9 heteroatoms. The topological polar surface area (TPSA) is 51.9 Å². The standard InChI is InChI=1S/C20H23F3N4O2/c1-3-26(4-2)12-7-13-28-19-11-10-18-24-14-16(27(18)25-19)15-8-5-6-9-17(15)29-20(21,22)23/h5-6,8-11,14H,3-4,7,12-13H2,1-2H3. The highest BCUT2D eigenvalue weighted by Gasteiger charge is 2.32. The lowest BCUT2D eigenvalue weighted by Gasteiger charge is -2.17. The van der Waals surface area contributed by atoms with E-state index >= 15 is 0 Å². The Hall–Kier alpha value is -2.81. The van der Waals surface area contributed by atoms with Gasteiger partial charge in [-0.25, -0.2) is 9.50 Å². The average molecular weight is 408 g/mol. The van der Waals surface area contributed by atoms with Crippen LogP contribution in [0.4, 0.5) is 13.2 Å². The lowest BCUT2D eigenvalue weighted by molar-refractivity contribution is -0.274. The molecule has 0 aliphatic rings. The third-order valence-corrected chi connectivity index (χ3v) is 4.49. The van der Waals surface area contributed by atoms with E-state index < -0.39 is 6.36 Å². The minimum absolute atomic E-state index is 0.239. The molecule has 0 N–H and O–H groups in total. The molecule has 0 aliphatic carbocycles. The van der Waals surface area contributed by atoms with E-state index in [9.17, 15) is 13.2 Å². The van der Waals surface area contributed by atoms with Crippen LogP contribution in [-0.4, -0.2) is 52.1 Å². The van der Waals surface area contributed by atoms with Crippen LogP contribution in [0.25, 0.3) is 16.9 Å². The molecule has 6 nitrogen and oxygen atoms in total. The van der Waals surface area contributed by atoms with Gasteiger partial charge in [0.05, 0.1) is 18.5 Å². The van der Waals surface area contributed by atoms with Crippen LogP contribution in [0.2, 0.25) is 0 Å². The first-order valence-corrected chi connectivity index (χ1v) is 9.46. The number of rotatable bonds is 9. The smallest absolute Gasteiger partial charge is 0.477 e. The van der Waals surface area contributed by atoms with Gasteiger partial charge in [-0.3, -0.25) is 0 Å². The second-order valence-corrected chi connectivity index (χ2v) is 6.36. The Balaban J connectivity index is 1.80. The molecule has 0 amide bonds. The van der Waals surface area contributed by atoms with Crippen molar-refractivity contribution in [2.24, 2.45) is 0 Å². The molecule has 2 aromatic heterocycles. The van der Waals surface area contributed by atoms with Crippen molar-refractivity contribution < 1.29 is 22.6 Å². The summed E-state index contributed by atoms with van der Waals surface area (Å²) < 4.78 is 49.6. The van der Waals surface area contributed by atoms with Gasteiger partial charge in [-0.2, -0.15) is 0 Å². The van der Waals surface area contributed by atoms with Gasteiger partial charge in [0.1, 0.15) is 5.75 Å². The quantitative estimate of drug-likeness (QED) is 0.491. The van der Waals surface area contributed by atoms with Crippen molar-refractivity contribution in [2.75, 3.05) is 26.2 Å². The predicted molar refractivity (Wildman–Crippen MR) is 103 cm³/mol. The number of benzene rings is 1. The number of nitrogens with zero attached hydrogens (tertiary/aromatic N) is 4. The molecule has 29 heavy (non-hydrogen) atoms. The van der Waals surface area contributed by atoms with Gasteiger partial charge in [-0.1, -0.05) is 26.0 Å². The fourth-order valence-corrected chi connectivity index (χ4v) is 3.01. The van der Waals surface area contributed by atoms with Crippen molar-refractivity contribution in [1.29, 1.82) is 0 Å². The third kappa shape index (κ3) is 5.38. The van der Waals surface area contributed by atoms with E-state index in [2.05, 4.69) is 33.6 Å². The van der Waals surface area contributed by atoms with Crippen LogP contribution in [0.15, 0.2) is 42.6 Å². The van der Waals surface area contributed by atoms with Gasteiger partial charge < -0.3 is 14.4 Å². The monoisotopic (exact) mass is 408 g/mol. The first kappa shape index (κ1) is 20.9.